The molecule has 0 unspecified atom stereocenters. The predicted octanol–water partition coefficient (Wildman–Crippen LogP) is 3.18. The van der Waals surface area contributed by atoms with Crippen molar-refractivity contribution in [3.63, 3.8) is 0 Å². The third-order valence-electron chi connectivity index (χ3n) is 3.42. The Labute approximate surface area is 92.4 Å². The summed E-state index contributed by atoms with van der Waals surface area (Å²) in [7, 11) is 0. The molecule has 1 aliphatic heterocycles. The lowest BCUT2D eigenvalue weighted by molar-refractivity contribution is 0.157. The second kappa shape index (κ2) is 4.19. The fraction of sp³-hybridized carbons (Fsp3) is 0.429. The molecule has 15 heavy (non-hydrogen) atoms. The van der Waals surface area contributed by atoms with E-state index in [1.807, 2.05) is 6.08 Å². The van der Waals surface area contributed by atoms with Gasteiger partial charge in [-0.25, -0.2) is 0 Å². The van der Waals surface area contributed by atoms with E-state index >= 15 is 0 Å². The van der Waals surface area contributed by atoms with E-state index in [1.165, 1.54) is 11.1 Å². The monoisotopic (exact) mass is 201 g/mol. The molecule has 1 heteroatoms. The molecule has 0 aromatic heterocycles. The molecule has 0 amide bonds. The molecule has 1 heterocycles. The smallest absolute Gasteiger partial charge is 0.0328 e. The predicted molar refractivity (Wildman–Crippen MR) is 64.9 cm³/mol. The molecule has 1 aromatic carbocycles. The minimum atomic E-state index is 0.517. The Hall–Kier alpha value is -1.08. The van der Waals surface area contributed by atoms with E-state index < -0.39 is 0 Å². The lowest BCUT2D eigenvalue weighted by atomic mass is 9.89. The molecule has 0 radical (unpaired) electrons. The maximum atomic E-state index is 3.84. The van der Waals surface area contributed by atoms with Crippen molar-refractivity contribution < 1.29 is 0 Å². The highest BCUT2D eigenvalue weighted by molar-refractivity contribution is 5.33. The Morgan fingerprint density at radius 3 is 2.87 bits per heavy atom. The summed E-state index contributed by atoms with van der Waals surface area (Å²) in [4.78, 5) is 2.51. The standard InChI is InChI=1S/C14H19N/c1-4-9-15-11(2)10-13-7-5-6-8-14(13)12(15)3/h4-8,11-12H,1,9-10H2,2-3H3/t11-,12-/m1/s1. The van der Waals surface area contributed by atoms with E-state index in [4.69, 9.17) is 0 Å². The van der Waals surface area contributed by atoms with Crippen LogP contribution in [-0.2, 0) is 6.42 Å². The first kappa shape index (κ1) is 10.4. The lowest BCUT2D eigenvalue weighted by Crippen LogP contribution is -2.40. The van der Waals surface area contributed by atoms with Gasteiger partial charge >= 0.3 is 0 Å². The Morgan fingerprint density at radius 1 is 1.40 bits per heavy atom. The van der Waals surface area contributed by atoms with Gasteiger partial charge in [-0.2, -0.15) is 0 Å². The zero-order valence-corrected chi connectivity index (χ0v) is 9.61. The molecule has 1 aromatic rings. The molecule has 1 nitrogen and oxygen atoms in total. The number of fused-ring (bicyclic) bond motifs is 1. The summed E-state index contributed by atoms with van der Waals surface area (Å²) in [6.07, 6.45) is 3.16. The van der Waals surface area contributed by atoms with Gasteiger partial charge in [-0.3, -0.25) is 4.90 Å². The van der Waals surface area contributed by atoms with Crippen LogP contribution in [0, 0.1) is 0 Å². The number of hydrogen-bond acceptors (Lipinski definition) is 1. The van der Waals surface area contributed by atoms with E-state index in [2.05, 4.69) is 49.6 Å². The van der Waals surface area contributed by atoms with Crippen LogP contribution in [0.3, 0.4) is 0 Å². The molecule has 0 bridgehead atoms. The van der Waals surface area contributed by atoms with Gasteiger partial charge in [0.1, 0.15) is 0 Å². The van der Waals surface area contributed by atoms with Crippen molar-refractivity contribution in [3.8, 4) is 0 Å². The van der Waals surface area contributed by atoms with E-state index in [0.717, 1.165) is 13.0 Å². The molecule has 2 atom stereocenters. The van der Waals surface area contributed by atoms with Crippen LogP contribution < -0.4 is 0 Å². The van der Waals surface area contributed by atoms with Gasteiger partial charge in [0, 0.05) is 18.6 Å². The van der Waals surface area contributed by atoms with Gasteiger partial charge in [0.25, 0.3) is 0 Å². The maximum absolute atomic E-state index is 3.84. The molecule has 0 saturated heterocycles. The van der Waals surface area contributed by atoms with Crippen molar-refractivity contribution in [3.05, 3.63) is 48.0 Å². The summed E-state index contributed by atoms with van der Waals surface area (Å²) >= 11 is 0. The summed E-state index contributed by atoms with van der Waals surface area (Å²) < 4.78 is 0. The first-order valence-electron chi connectivity index (χ1n) is 5.68. The van der Waals surface area contributed by atoms with Gasteiger partial charge in [-0.1, -0.05) is 30.3 Å². The number of benzene rings is 1. The second-order valence-electron chi connectivity index (χ2n) is 4.41. The minimum absolute atomic E-state index is 0.517. The highest BCUT2D eigenvalue weighted by Crippen LogP contribution is 2.32. The lowest BCUT2D eigenvalue weighted by Gasteiger charge is -2.39. The van der Waals surface area contributed by atoms with Crippen LogP contribution in [-0.4, -0.2) is 17.5 Å². The van der Waals surface area contributed by atoms with Crippen molar-refractivity contribution in [1.82, 2.24) is 4.90 Å². The van der Waals surface area contributed by atoms with Crippen LogP contribution in [0.5, 0.6) is 0 Å². The number of nitrogens with zero attached hydrogens (tertiary/aromatic N) is 1. The number of rotatable bonds is 2. The first-order chi connectivity index (χ1) is 7.24. The molecule has 0 spiro atoms. The Morgan fingerprint density at radius 2 is 2.13 bits per heavy atom. The van der Waals surface area contributed by atoms with Crippen LogP contribution in [0.4, 0.5) is 0 Å². The van der Waals surface area contributed by atoms with Gasteiger partial charge in [-0.05, 0) is 31.4 Å². The fourth-order valence-electron chi connectivity index (χ4n) is 2.61. The highest BCUT2D eigenvalue weighted by atomic mass is 15.2. The first-order valence-corrected chi connectivity index (χ1v) is 5.68. The molecular weight excluding hydrogens is 182 g/mol. The summed E-state index contributed by atoms with van der Waals surface area (Å²) in [5.41, 5.74) is 3.00. The van der Waals surface area contributed by atoms with Crippen LogP contribution in [0.15, 0.2) is 36.9 Å². The van der Waals surface area contributed by atoms with Crippen LogP contribution in [0.1, 0.15) is 31.0 Å². The number of hydrogen-bond donors (Lipinski definition) is 0. The van der Waals surface area contributed by atoms with Crippen molar-refractivity contribution in [2.45, 2.75) is 32.4 Å². The average Bonchev–Trinajstić information content (AvgIpc) is 2.24. The van der Waals surface area contributed by atoms with Crippen molar-refractivity contribution in [1.29, 1.82) is 0 Å². The fourth-order valence-corrected chi connectivity index (χ4v) is 2.61. The maximum Gasteiger partial charge on any atom is 0.0328 e. The molecule has 0 fully saturated rings. The van der Waals surface area contributed by atoms with Crippen molar-refractivity contribution in [2.75, 3.05) is 6.54 Å². The molecule has 2 rings (SSSR count). The second-order valence-corrected chi connectivity index (χ2v) is 4.41. The Balaban J connectivity index is 2.33. The summed E-state index contributed by atoms with van der Waals surface area (Å²) in [5.74, 6) is 0. The molecule has 0 saturated carbocycles. The molecule has 0 N–H and O–H groups in total. The van der Waals surface area contributed by atoms with E-state index in [1.54, 1.807) is 0 Å². The topological polar surface area (TPSA) is 3.24 Å². The molecular formula is C14H19N. The highest BCUT2D eigenvalue weighted by Gasteiger charge is 2.27. The average molecular weight is 201 g/mol. The van der Waals surface area contributed by atoms with Crippen molar-refractivity contribution in [2.24, 2.45) is 0 Å². The van der Waals surface area contributed by atoms with Crippen LogP contribution in [0.25, 0.3) is 0 Å². The summed E-state index contributed by atoms with van der Waals surface area (Å²) in [6, 6.07) is 9.92. The Bertz CT molecular complexity index is 356. The normalized spacial score (nSPS) is 26.0. The zero-order chi connectivity index (χ0) is 10.8. The zero-order valence-electron chi connectivity index (χ0n) is 9.61. The largest absolute Gasteiger partial charge is 0.290 e. The van der Waals surface area contributed by atoms with Crippen LogP contribution >= 0.6 is 0 Å². The molecule has 1 aliphatic rings. The summed E-state index contributed by atoms with van der Waals surface area (Å²) in [5, 5.41) is 0. The minimum Gasteiger partial charge on any atom is -0.290 e. The Kier molecular flexibility index (Phi) is 2.92. The van der Waals surface area contributed by atoms with E-state index in [9.17, 15) is 0 Å². The van der Waals surface area contributed by atoms with Gasteiger partial charge in [0.05, 0.1) is 0 Å². The van der Waals surface area contributed by atoms with Crippen molar-refractivity contribution >= 4 is 0 Å². The third kappa shape index (κ3) is 1.84. The van der Waals surface area contributed by atoms with Gasteiger partial charge in [0.15, 0.2) is 0 Å². The molecule has 80 valence electrons. The summed E-state index contributed by atoms with van der Waals surface area (Å²) in [6.45, 7) is 9.41. The van der Waals surface area contributed by atoms with E-state index in [0.29, 0.717) is 12.1 Å². The SMILES string of the molecule is C=CCN1[C@H](C)Cc2ccccc2[C@H]1C. The van der Waals surface area contributed by atoms with Crippen LogP contribution in [0.2, 0.25) is 0 Å². The van der Waals surface area contributed by atoms with Gasteiger partial charge in [-0.15, -0.1) is 6.58 Å². The quantitative estimate of drug-likeness (QED) is 0.664. The molecule has 0 aliphatic carbocycles. The van der Waals surface area contributed by atoms with E-state index in [-0.39, 0.29) is 0 Å². The van der Waals surface area contributed by atoms with Gasteiger partial charge in [0.2, 0.25) is 0 Å². The third-order valence-corrected chi connectivity index (χ3v) is 3.42. The van der Waals surface area contributed by atoms with Gasteiger partial charge < -0.3 is 0 Å².